The molecule has 82 valence electrons. The third kappa shape index (κ3) is 2.62. The number of anilines is 1. The van der Waals surface area contributed by atoms with Crippen molar-refractivity contribution in [3.05, 3.63) is 18.1 Å². The lowest BCUT2D eigenvalue weighted by Crippen LogP contribution is -2.26. The molecular weight excluding hydrogens is 206 g/mol. The van der Waals surface area contributed by atoms with Gasteiger partial charge in [0.25, 0.3) is 0 Å². The first-order valence-electron chi connectivity index (χ1n) is 5.37. The number of nitrogens with one attached hydrogen (secondary N) is 1. The molecule has 3 nitrogen and oxygen atoms in total. The Morgan fingerprint density at radius 1 is 1.40 bits per heavy atom. The molecular formula is C11H17N3S. The summed E-state index contributed by atoms with van der Waals surface area (Å²) in [6, 6.07) is 2.59. The van der Waals surface area contributed by atoms with Crippen LogP contribution in [0.4, 0.5) is 5.82 Å². The third-order valence-electron chi connectivity index (χ3n) is 2.89. The number of aryl methyl sites for hydroxylation is 1. The summed E-state index contributed by atoms with van der Waals surface area (Å²) in [5.41, 5.74) is 1.02. The van der Waals surface area contributed by atoms with Crippen molar-refractivity contribution in [2.75, 3.05) is 11.6 Å². The SMILES string of the molecule is CSC1CCCC1Nc1cc(C)ncn1. The topological polar surface area (TPSA) is 37.8 Å². The minimum atomic E-state index is 0.578. The van der Waals surface area contributed by atoms with Gasteiger partial charge in [0.1, 0.15) is 12.1 Å². The Labute approximate surface area is 95.1 Å². The minimum absolute atomic E-state index is 0.578. The quantitative estimate of drug-likeness (QED) is 0.854. The lowest BCUT2D eigenvalue weighted by molar-refractivity contribution is 0.762. The highest BCUT2D eigenvalue weighted by molar-refractivity contribution is 7.99. The zero-order valence-electron chi connectivity index (χ0n) is 9.23. The van der Waals surface area contributed by atoms with Crippen LogP contribution in [-0.4, -0.2) is 27.5 Å². The molecule has 0 saturated heterocycles. The smallest absolute Gasteiger partial charge is 0.129 e. The van der Waals surface area contributed by atoms with Crippen LogP contribution in [0.5, 0.6) is 0 Å². The van der Waals surface area contributed by atoms with Crippen molar-refractivity contribution in [1.29, 1.82) is 0 Å². The fourth-order valence-electron chi connectivity index (χ4n) is 2.10. The summed E-state index contributed by atoms with van der Waals surface area (Å²) in [5.74, 6) is 0.966. The number of hydrogen-bond acceptors (Lipinski definition) is 4. The average molecular weight is 223 g/mol. The molecule has 1 N–H and O–H groups in total. The normalized spacial score (nSPS) is 25.5. The number of rotatable bonds is 3. The highest BCUT2D eigenvalue weighted by Crippen LogP contribution is 2.30. The van der Waals surface area contributed by atoms with Gasteiger partial charge < -0.3 is 5.32 Å². The summed E-state index contributed by atoms with van der Waals surface area (Å²) >= 11 is 1.96. The molecule has 1 aromatic rings. The second-order valence-electron chi connectivity index (χ2n) is 4.00. The maximum absolute atomic E-state index is 4.24. The molecule has 2 rings (SSSR count). The van der Waals surface area contributed by atoms with E-state index in [4.69, 9.17) is 0 Å². The molecule has 0 amide bonds. The first-order valence-corrected chi connectivity index (χ1v) is 6.66. The van der Waals surface area contributed by atoms with Crippen LogP contribution in [-0.2, 0) is 0 Å². The van der Waals surface area contributed by atoms with Gasteiger partial charge in [-0.25, -0.2) is 9.97 Å². The van der Waals surface area contributed by atoms with Crippen molar-refractivity contribution < 1.29 is 0 Å². The molecule has 2 atom stereocenters. The Hall–Kier alpha value is -0.770. The van der Waals surface area contributed by atoms with Crippen molar-refractivity contribution >= 4 is 17.6 Å². The predicted molar refractivity (Wildman–Crippen MR) is 65.3 cm³/mol. The zero-order valence-corrected chi connectivity index (χ0v) is 10.0. The first-order chi connectivity index (χ1) is 7.29. The molecule has 0 spiro atoms. The third-order valence-corrected chi connectivity index (χ3v) is 4.06. The summed E-state index contributed by atoms with van der Waals surface area (Å²) < 4.78 is 0. The Balaban J connectivity index is 2.02. The second kappa shape index (κ2) is 4.84. The standard InChI is InChI=1S/C11H17N3S/c1-8-6-11(13-7-12-8)14-9-4-3-5-10(9)15-2/h6-7,9-10H,3-5H2,1-2H3,(H,12,13,14). The summed E-state index contributed by atoms with van der Waals surface area (Å²) in [7, 11) is 0. The van der Waals surface area contributed by atoms with Gasteiger partial charge in [-0.3, -0.25) is 0 Å². The van der Waals surface area contributed by atoms with E-state index in [1.807, 2.05) is 24.8 Å². The molecule has 15 heavy (non-hydrogen) atoms. The van der Waals surface area contributed by atoms with Crippen LogP contribution in [0.2, 0.25) is 0 Å². The second-order valence-corrected chi connectivity index (χ2v) is 5.08. The Bertz CT molecular complexity index is 329. The molecule has 1 aliphatic rings. The monoisotopic (exact) mass is 223 g/mol. The van der Waals surface area contributed by atoms with E-state index in [0.717, 1.165) is 16.8 Å². The fraction of sp³-hybridized carbons (Fsp3) is 0.636. The molecule has 0 aromatic carbocycles. The largest absolute Gasteiger partial charge is 0.366 e. The molecule has 1 heterocycles. The van der Waals surface area contributed by atoms with Crippen molar-refractivity contribution in [2.45, 2.75) is 37.5 Å². The van der Waals surface area contributed by atoms with Gasteiger partial charge in [-0.1, -0.05) is 6.42 Å². The van der Waals surface area contributed by atoms with E-state index in [1.165, 1.54) is 19.3 Å². The number of aromatic nitrogens is 2. The van der Waals surface area contributed by atoms with Gasteiger partial charge in [-0.05, 0) is 26.0 Å². The van der Waals surface area contributed by atoms with Gasteiger partial charge >= 0.3 is 0 Å². The fourth-order valence-corrected chi connectivity index (χ4v) is 3.03. The van der Waals surface area contributed by atoms with E-state index in [2.05, 4.69) is 21.5 Å². The van der Waals surface area contributed by atoms with E-state index in [0.29, 0.717) is 6.04 Å². The van der Waals surface area contributed by atoms with Crippen LogP contribution in [0.25, 0.3) is 0 Å². The van der Waals surface area contributed by atoms with Crippen molar-refractivity contribution in [3.63, 3.8) is 0 Å². The molecule has 4 heteroatoms. The van der Waals surface area contributed by atoms with Crippen LogP contribution >= 0.6 is 11.8 Å². The molecule has 0 bridgehead atoms. The van der Waals surface area contributed by atoms with Crippen LogP contribution in [0, 0.1) is 6.92 Å². The first kappa shape index (κ1) is 10.7. The van der Waals surface area contributed by atoms with Gasteiger partial charge in [0.2, 0.25) is 0 Å². The maximum atomic E-state index is 4.24. The Kier molecular flexibility index (Phi) is 3.46. The summed E-state index contributed by atoms with van der Waals surface area (Å²) in [6.45, 7) is 1.99. The van der Waals surface area contributed by atoms with Crippen LogP contribution in [0.3, 0.4) is 0 Å². The zero-order chi connectivity index (χ0) is 10.7. The van der Waals surface area contributed by atoms with E-state index in [9.17, 15) is 0 Å². The van der Waals surface area contributed by atoms with Crippen LogP contribution < -0.4 is 5.32 Å². The van der Waals surface area contributed by atoms with Crippen molar-refractivity contribution in [1.82, 2.24) is 9.97 Å². The summed E-state index contributed by atoms with van der Waals surface area (Å²) in [5, 5.41) is 4.25. The highest BCUT2D eigenvalue weighted by Gasteiger charge is 2.26. The van der Waals surface area contributed by atoms with E-state index in [-0.39, 0.29) is 0 Å². The minimum Gasteiger partial charge on any atom is -0.366 e. The van der Waals surface area contributed by atoms with E-state index >= 15 is 0 Å². The van der Waals surface area contributed by atoms with Crippen LogP contribution in [0.15, 0.2) is 12.4 Å². The van der Waals surface area contributed by atoms with Crippen molar-refractivity contribution in [3.8, 4) is 0 Å². The van der Waals surface area contributed by atoms with E-state index in [1.54, 1.807) is 6.33 Å². The molecule has 1 saturated carbocycles. The molecule has 1 aliphatic carbocycles. The number of nitrogens with zero attached hydrogens (tertiary/aromatic N) is 2. The molecule has 1 aromatic heterocycles. The summed E-state index contributed by atoms with van der Waals surface area (Å²) in [6.07, 6.45) is 7.72. The van der Waals surface area contributed by atoms with Gasteiger partial charge in [-0.2, -0.15) is 11.8 Å². The lowest BCUT2D eigenvalue weighted by Gasteiger charge is -2.19. The Morgan fingerprint density at radius 3 is 3.00 bits per heavy atom. The number of thioether (sulfide) groups is 1. The molecule has 0 aliphatic heterocycles. The lowest BCUT2D eigenvalue weighted by atomic mass is 10.2. The Morgan fingerprint density at radius 2 is 2.27 bits per heavy atom. The maximum Gasteiger partial charge on any atom is 0.129 e. The predicted octanol–water partition coefficient (Wildman–Crippen LogP) is 2.48. The van der Waals surface area contributed by atoms with Gasteiger partial charge in [-0.15, -0.1) is 0 Å². The van der Waals surface area contributed by atoms with Gasteiger partial charge in [0.05, 0.1) is 0 Å². The molecule has 2 unspecified atom stereocenters. The number of hydrogen-bond donors (Lipinski definition) is 1. The van der Waals surface area contributed by atoms with Crippen molar-refractivity contribution in [2.24, 2.45) is 0 Å². The molecule has 1 fully saturated rings. The van der Waals surface area contributed by atoms with Gasteiger partial charge in [0, 0.05) is 23.1 Å². The van der Waals surface area contributed by atoms with Crippen LogP contribution in [0.1, 0.15) is 25.0 Å². The molecule has 0 radical (unpaired) electrons. The highest BCUT2D eigenvalue weighted by atomic mass is 32.2. The van der Waals surface area contributed by atoms with E-state index < -0.39 is 0 Å². The average Bonchev–Trinajstić information content (AvgIpc) is 2.65. The van der Waals surface area contributed by atoms with Gasteiger partial charge in [0.15, 0.2) is 0 Å². The summed E-state index contributed by atoms with van der Waals surface area (Å²) in [4.78, 5) is 8.34.